The Kier molecular flexibility index (Phi) is 11.1. The van der Waals surface area contributed by atoms with E-state index < -0.39 is 10.0 Å². The average molecular weight is 537 g/mol. The number of hydrogen-bond acceptors (Lipinski definition) is 6. The van der Waals surface area contributed by atoms with Crippen LogP contribution in [0.15, 0.2) is 40.5 Å². The summed E-state index contributed by atoms with van der Waals surface area (Å²) in [4.78, 5) is 8.87. The second-order valence-corrected chi connectivity index (χ2v) is 7.65. The van der Waals surface area contributed by atoms with Gasteiger partial charge >= 0.3 is 0 Å². The predicted octanol–water partition coefficient (Wildman–Crippen LogP) is 0.613. The Bertz CT molecular complexity index is 887. The number of sulfonamides is 1. The summed E-state index contributed by atoms with van der Waals surface area (Å²) in [6, 6.07) is 6.71. The van der Waals surface area contributed by atoms with E-state index in [4.69, 9.17) is 4.74 Å². The van der Waals surface area contributed by atoms with E-state index in [0.29, 0.717) is 32.2 Å². The van der Waals surface area contributed by atoms with E-state index in [9.17, 15) is 8.42 Å². The van der Waals surface area contributed by atoms with E-state index in [1.54, 1.807) is 22.9 Å². The molecule has 0 radical (unpaired) electrons. The van der Waals surface area contributed by atoms with Crippen LogP contribution < -0.4 is 15.4 Å². The molecule has 0 aliphatic rings. The molecule has 1 aromatic heterocycles. The van der Waals surface area contributed by atoms with Crippen molar-refractivity contribution in [1.29, 1.82) is 0 Å². The number of aryl methyl sites for hydroxylation is 1. The minimum Gasteiger partial charge on any atom is -0.383 e. The molecule has 2 rings (SSSR count). The fourth-order valence-electron chi connectivity index (χ4n) is 2.33. The molecule has 162 valence electrons. The molecule has 0 bridgehead atoms. The van der Waals surface area contributed by atoms with Crippen molar-refractivity contribution in [3.05, 3.63) is 42.0 Å². The normalized spacial score (nSPS) is 11.8. The zero-order valence-corrected chi connectivity index (χ0v) is 19.9. The minimum absolute atomic E-state index is 0. The summed E-state index contributed by atoms with van der Waals surface area (Å²) in [5.41, 5.74) is 0.783. The van der Waals surface area contributed by atoms with Gasteiger partial charge in [-0.2, -0.15) is 5.10 Å². The van der Waals surface area contributed by atoms with Crippen molar-refractivity contribution in [2.75, 3.05) is 26.8 Å². The zero-order valence-electron chi connectivity index (χ0n) is 16.8. The van der Waals surface area contributed by atoms with Crippen LogP contribution >= 0.6 is 24.0 Å². The van der Waals surface area contributed by atoms with Gasteiger partial charge in [0.1, 0.15) is 12.2 Å². The monoisotopic (exact) mass is 537 g/mol. The number of halogens is 1. The molecule has 0 amide bonds. The molecule has 0 unspecified atom stereocenters. The lowest BCUT2D eigenvalue weighted by Crippen LogP contribution is -2.37. The molecule has 0 aliphatic carbocycles. The maximum absolute atomic E-state index is 12.3. The fraction of sp³-hybridized carbons (Fsp3) is 0.471. The zero-order chi connectivity index (χ0) is 20.4. The van der Waals surface area contributed by atoms with Gasteiger partial charge in [0, 0.05) is 27.2 Å². The van der Waals surface area contributed by atoms with E-state index in [0.717, 1.165) is 11.4 Å². The topological polar surface area (TPSA) is 123 Å². The Morgan fingerprint density at radius 2 is 2.10 bits per heavy atom. The lowest BCUT2D eigenvalue weighted by Gasteiger charge is -2.11. The van der Waals surface area contributed by atoms with E-state index >= 15 is 0 Å². The summed E-state index contributed by atoms with van der Waals surface area (Å²) in [5, 5.41) is 10.4. The molecule has 0 aliphatic heterocycles. The van der Waals surface area contributed by atoms with Crippen molar-refractivity contribution in [2.45, 2.75) is 24.9 Å². The van der Waals surface area contributed by atoms with Gasteiger partial charge in [0.15, 0.2) is 5.96 Å². The molecule has 0 saturated carbocycles. The van der Waals surface area contributed by atoms with Crippen molar-refractivity contribution in [1.82, 2.24) is 30.1 Å². The third-order valence-corrected chi connectivity index (χ3v) is 5.25. The number of methoxy groups -OCH3 is 1. The molecule has 1 heterocycles. The van der Waals surface area contributed by atoms with E-state index in [1.165, 1.54) is 13.4 Å². The van der Waals surface area contributed by atoms with Crippen LogP contribution in [0.25, 0.3) is 0 Å². The Labute approximate surface area is 188 Å². The lowest BCUT2D eigenvalue weighted by atomic mass is 10.2. The molecule has 29 heavy (non-hydrogen) atoms. The van der Waals surface area contributed by atoms with Gasteiger partial charge in [0.25, 0.3) is 0 Å². The van der Waals surface area contributed by atoms with Crippen molar-refractivity contribution >= 4 is 40.0 Å². The molecule has 3 N–H and O–H groups in total. The molecular formula is C17H28IN7O3S. The summed E-state index contributed by atoms with van der Waals surface area (Å²) < 4.78 is 33.7. The van der Waals surface area contributed by atoms with E-state index in [-0.39, 0.29) is 35.4 Å². The maximum atomic E-state index is 12.3. The number of guanidine groups is 1. The number of aromatic nitrogens is 3. The van der Waals surface area contributed by atoms with Gasteiger partial charge < -0.3 is 15.4 Å². The molecule has 10 nitrogen and oxygen atoms in total. The Hall–Kier alpha value is -1.77. The molecule has 0 atom stereocenters. The highest BCUT2D eigenvalue weighted by atomic mass is 127. The van der Waals surface area contributed by atoms with E-state index in [1.807, 2.05) is 20.0 Å². The molecule has 1 aromatic carbocycles. The highest BCUT2D eigenvalue weighted by Gasteiger charge is 2.13. The Morgan fingerprint density at radius 1 is 1.31 bits per heavy atom. The largest absolute Gasteiger partial charge is 0.383 e. The lowest BCUT2D eigenvalue weighted by molar-refractivity contribution is 0.204. The third-order valence-electron chi connectivity index (χ3n) is 3.79. The van der Waals surface area contributed by atoms with Gasteiger partial charge in [0.2, 0.25) is 10.0 Å². The van der Waals surface area contributed by atoms with Crippen LogP contribution in [-0.4, -0.2) is 55.9 Å². The number of rotatable bonds is 10. The van der Waals surface area contributed by atoms with Crippen LogP contribution in [0.2, 0.25) is 0 Å². The Morgan fingerprint density at radius 3 is 2.76 bits per heavy atom. The first-order valence-electron chi connectivity index (χ1n) is 8.89. The molecular weight excluding hydrogens is 509 g/mol. The van der Waals surface area contributed by atoms with Gasteiger partial charge in [-0.3, -0.25) is 4.68 Å². The number of nitrogens with one attached hydrogen (secondary N) is 3. The highest BCUT2D eigenvalue weighted by Crippen LogP contribution is 2.12. The van der Waals surface area contributed by atoms with Gasteiger partial charge in [-0.15, -0.1) is 24.0 Å². The van der Waals surface area contributed by atoms with Crippen LogP contribution in [0.1, 0.15) is 18.3 Å². The van der Waals surface area contributed by atoms with Crippen LogP contribution in [0.4, 0.5) is 0 Å². The summed E-state index contributed by atoms with van der Waals surface area (Å²) in [5.74, 6) is 1.39. The van der Waals surface area contributed by atoms with Crippen molar-refractivity contribution in [3.63, 3.8) is 0 Å². The smallest absolute Gasteiger partial charge is 0.240 e. The minimum atomic E-state index is -3.58. The van der Waals surface area contributed by atoms with Crippen LogP contribution in [-0.2, 0) is 34.9 Å². The second-order valence-electron chi connectivity index (χ2n) is 5.89. The number of benzene rings is 1. The molecule has 0 spiro atoms. The average Bonchev–Trinajstić information content (AvgIpc) is 3.09. The van der Waals surface area contributed by atoms with Gasteiger partial charge in [-0.05, 0) is 24.6 Å². The molecule has 0 saturated heterocycles. The number of ether oxygens (including phenoxy) is 1. The third kappa shape index (κ3) is 8.24. The molecule has 0 fully saturated rings. The quantitative estimate of drug-likeness (QED) is 0.176. The van der Waals surface area contributed by atoms with Crippen molar-refractivity contribution in [3.8, 4) is 0 Å². The van der Waals surface area contributed by atoms with Crippen molar-refractivity contribution < 1.29 is 13.2 Å². The summed E-state index contributed by atoms with van der Waals surface area (Å²) in [7, 11) is -0.235. The van der Waals surface area contributed by atoms with Gasteiger partial charge in [0.05, 0.1) is 24.6 Å². The Balaban J connectivity index is 0.00000420. The van der Waals surface area contributed by atoms with Gasteiger partial charge in [-0.1, -0.05) is 12.1 Å². The molecule has 12 heteroatoms. The van der Waals surface area contributed by atoms with Crippen LogP contribution in [0, 0.1) is 0 Å². The predicted molar refractivity (Wildman–Crippen MR) is 122 cm³/mol. The number of aliphatic imine (C=N–C) groups is 1. The standard InChI is InChI=1S/C17H27N7O3S.HI/c1-4-18-17(20-12-16-21-13-22-24(16)2)19-11-14-6-5-7-15(10-14)28(25,26)23-8-9-27-3;/h5-7,10,13,23H,4,8-9,11-12H2,1-3H3,(H2,18,19,20);1H. The van der Waals surface area contributed by atoms with E-state index in [2.05, 4.69) is 30.4 Å². The summed E-state index contributed by atoms with van der Waals surface area (Å²) >= 11 is 0. The first kappa shape index (κ1) is 25.3. The first-order valence-corrected chi connectivity index (χ1v) is 10.4. The number of nitrogens with zero attached hydrogens (tertiary/aromatic N) is 4. The maximum Gasteiger partial charge on any atom is 0.240 e. The molecule has 2 aromatic rings. The van der Waals surface area contributed by atoms with Crippen molar-refractivity contribution in [2.24, 2.45) is 12.0 Å². The highest BCUT2D eigenvalue weighted by molar-refractivity contribution is 14.0. The first-order chi connectivity index (χ1) is 13.5. The van der Waals surface area contributed by atoms with Crippen LogP contribution in [0.5, 0.6) is 0 Å². The van der Waals surface area contributed by atoms with Gasteiger partial charge in [-0.25, -0.2) is 23.1 Å². The fourth-order valence-corrected chi connectivity index (χ4v) is 3.41. The van der Waals surface area contributed by atoms with Crippen LogP contribution in [0.3, 0.4) is 0 Å². The number of hydrogen-bond donors (Lipinski definition) is 3. The summed E-state index contributed by atoms with van der Waals surface area (Å²) in [6.07, 6.45) is 1.49. The SMILES string of the molecule is CCNC(=NCc1cccc(S(=O)(=O)NCCOC)c1)NCc1ncnn1C.I. The summed E-state index contributed by atoms with van der Waals surface area (Å²) in [6.45, 7) is 4.00. The second kappa shape index (κ2) is 12.7.